The van der Waals surface area contributed by atoms with E-state index in [4.69, 9.17) is 5.73 Å². The van der Waals surface area contributed by atoms with Crippen molar-refractivity contribution in [2.75, 3.05) is 0 Å². The van der Waals surface area contributed by atoms with E-state index in [0.29, 0.717) is 19.3 Å². The maximum Gasteiger partial charge on any atom is 0.237 e. The number of nitrogens with two attached hydrogens (primary N) is 1. The average molecular weight is 186 g/mol. The van der Waals surface area contributed by atoms with E-state index >= 15 is 0 Å². The minimum atomic E-state index is -0.673. The predicted octanol–water partition coefficient (Wildman–Crippen LogP) is -0.247. The first-order chi connectivity index (χ1) is 5.96. The van der Waals surface area contributed by atoms with E-state index in [1.807, 2.05) is 13.8 Å². The van der Waals surface area contributed by atoms with E-state index in [0.717, 1.165) is 0 Å². The molecule has 0 aromatic carbocycles. The molecule has 0 aliphatic heterocycles. The van der Waals surface area contributed by atoms with Gasteiger partial charge in [-0.2, -0.15) is 0 Å². The minimum absolute atomic E-state index is 0.206. The Hall–Kier alpha value is -0.610. The topological polar surface area (TPSA) is 75.3 Å². The van der Waals surface area contributed by atoms with Crippen molar-refractivity contribution in [2.45, 2.75) is 50.8 Å². The molecule has 4 N–H and O–H groups in total. The first-order valence-corrected chi connectivity index (χ1v) is 4.72. The Kier molecular flexibility index (Phi) is 2.93. The lowest BCUT2D eigenvalue weighted by atomic mass is 9.95. The number of amides is 1. The van der Waals surface area contributed by atoms with Gasteiger partial charge in [0.1, 0.15) is 5.54 Å². The van der Waals surface area contributed by atoms with Crippen LogP contribution in [0.2, 0.25) is 0 Å². The lowest BCUT2D eigenvalue weighted by Gasteiger charge is -2.29. The highest BCUT2D eigenvalue weighted by Crippen LogP contribution is 2.30. The highest BCUT2D eigenvalue weighted by atomic mass is 16.3. The Labute approximate surface area is 78.5 Å². The third-order valence-electron chi connectivity index (χ3n) is 2.53. The third-order valence-corrected chi connectivity index (χ3v) is 2.53. The van der Waals surface area contributed by atoms with Crippen LogP contribution in [0.3, 0.4) is 0 Å². The molecule has 0 spiro atoms. The van der Waals surface area contributed by atoms with Gasteiger partial charge in [-0.15, -0.1) is 0 Å². The maximum absolute atomic E-state index is 11.3. The molecule has 2 unspecified atom stereocenters. The summed E-state index contributed by atoms with van der Waals surface area (Å²) < 4.78 is 0. The molecule has 76 valence electrons. The molecule has 0 bridgehead atoms. The van der Waals surface area contributed by atoms with Crippen LogP contribution in [0.1, 0.15) is 33.1 Å². The van der Waals surface area contributed by atoms with Gasteiger partial charge in [0.25, 0.3) is 0 Å². The number of hydrogen-bond acceptors (Lipinski definition) is 3. The standard InChI is InChI=1S/C9H18N2O2/c1-6(2)11-9(8(10)13)4-3-7(12)5-9/h6-7,11-12H,3-5H2,1-2H3,(H2,10,13). The molecule has 0 aromatic rings. The summed E-state index contributed by atoms with van der Waals surface area (Å²) in [6.45, 7) is 3.94. The summed E-state index contributed by atoms with van der Waals surface area (Å²) in [4.78, 5) is 11.3. The quantitative estimate of drug-likeness (QED) is 0.569. The van der Waals surface area contributed by atoms with E-state index in [-0.39, 0.29) is 11.9 Å². The van der Waals surface area contributed by atoms with Crippen LogP contribution in [0, 0.1) is 0 Å². The summed E-state index contributed by atoms with van der Waals surface area (Å²) in [6, 6.07) is 0.206. The Morgan fingerprint density at radius 3 is 2.62 bits per heavy atom. The lowest BCUT2D eigenvalue weighted by molar-refractivity contribution is -0.124. The maximum atomic E-state index is 11.3. The molecule has 4 nitrogen and oxygen atoms in total. The van der Waals surface area contributed by atoms with Crippen molar-refractivity contribution in [3.8, 4) is 0 Å². The molecule has 0 heterocycles. The largest absolute Gasteiger partial charge is 0.393 e. The van der Waals surface area contributed by atoms with Crippen molar-refractivity contribution in [2.24, 2.45) is 5.73 Å². The number of hydrogen-bond donors (Lipinski definition) is 3. The zero-order chi connectivity index (χ0) is 10.1. The van der Waals surface area contributed by atoms with E-state index in [1.54, 1.807) is 0 Å². The molecule has 1 aliphatic rings. The van der Waals surface area contributed by atoms with Crippen molar-refractivity contribution in [1.29, 1.82) is 0 Å². The Balaban J connectivity index is 2.71. The summed E-state index contributed by atoms with van der Waals surface area (Å²) in [6.07, 6.45) is 1.35. The normalized spacial score (nSPS) is 34.0. The van der Waals surface area contributed by atoms with Gasteiger partial charge in [-0.3, -0.25) is 4.79 Å². The first kappa shape index (κ1) is 10.5. The molecule has 1 amide bonds. The van der Waals surface area contributed by atoms with Gasteiger partial charge in [0.2, 0.25) is 5.91 Å². The van der Waals surface area contributed by atoms with Crippen molar-refractivity contribution in [3.05, 3.63) is 0 Å². The second kappa shape index (κ2) is 3.64. The third kappa shape index (κ3) is 2.19. The van der Waals surface area contributed by atoms with Crippen LogP contribution in [0.15, 0.2) is 0 Å². The molecule has 0 radical (unpaired) electrons. The summed E-state index contributed by atoms with van der Waals surface area (Å²) in [5, 5.41) is 12.5. The molecule has 2 atom stereocenters. The lowest BCUT2D eigenvalue weighted by Crippen LogP contribution is -2.56. The van der Waals surface area contributed by atoms with Crippen LogP contribution in [-0.2, 0) is 4.79 Å². The monoisotopic (exact) mass is 186 g/mol. The Morgan fingerprint density at radius 2 is 2.31 bits per heavy atom. The fourth-order valence-electron chi connectivity index (χ4n) is 2.00. The molecule has 0 aromatic heterocycles. The molecule has 1 rings (SSSR count). The summed E-state index contributed by atoms with van der Waals surface area (Å²) in [7, 11) is 0. The molecule has 1 fully saturated rings. The zero-order valence-corrected chi connectivity index (χ0v) is 8.21. The zero-order valence-electron chi connectivity index (χ0n) is 8.21. The van der Waals surface area contributed by atoms with Gasteiger partial charge in [0, 0.05) is 12.5 Å². The highest BCUT2D eigenvalue weighted by Gasteiger charge is 2.43. The van der Waals surface area contributed by atoms with Crippen LogP contribution in [0.5, 0.6) is 0 Å². The molecular formula is C9H18N2O2. The number of primary amides is 1. The van der Waals surface area contributed by atoms with E-state index in [9.17, 15) is 9.90 Å². The fraction of sp³-hybridized carbons (Fsp3) is 0.889. The summed E-state index contributed by atoms with van der Waals surface area (Å²) >= 11 is 0. The Morgan fingerprint density at radius 1 is 1.69 bits per heavy atom. The smallest absolute Gasteiger partial charge is 0.237 e. The van der Waals surface area contributed by atoms with Crippen LogP contribution in [0.25, 0.3) is 0 Å². The summed E-state index contributed by atoms with van der Waals surface area (Å²) in [5.74, 6) is -0.349. The van der Waals surface area contributed by atoms with Gasteiger partial charge in [-0.05, 0) is 26.7 Å². The van der Waals surface area contributed by atoms with Gasteiger partial charge in [-0.1, -0.05) is 0 Å². The predicted molar refractivity (Wildman–Crippen MR) is 50.1 cm³/mol. The number of carbonyl (C=O) groups excluding carboxylic acids is 1. The van der Waals surface area contributed by atoms with Gasteiger partial charge in [0.15, 0.2) is 0 Å². The number of carbonyl (C=O) groups is 1. The SMILES string of the molecule is CC(C)NC1(C(N)=O)CCC(O)C1. The fourth-order valence-corrected chi connectivity index (χ4v) is 2.00. The molecule has 1 saturated carbocycles. The molecule has 4 heteroatoms. The second-order valence-electron chi connectivity index (χ2n) is 4.14. The van der Waals surface area contributed by atoms with Crippen molar-refractivity contribution in [1.82, 2.24) is 5.32 Å². The number of aliphatic hydroxyl groups is 1. The van der Waals surface area contributed by atoms with Crippen molar-refractivity contribution < 1.29 is 9.90 Å². The van der Waals surface area contributed by atoms with Crippen molar-refractivity contribution >= 4 is 5.91 Å². The van der Waals surface area contributed by atoms with E-state index < -0.39 is 11.6 Å². The van der Waals surface area contributed by atoms with Crippen LogP contribution in [-0.4, -0.2) is 28.7 Å². The van der Waals surface area contributed by atoms with Gasteiger partial charge >= 0.3 is 0 Å². The number of rotatable bonds is 3. The van der Waals surface area contributed by atoms with Gasteiger partial charge in [0.05, 0.1) is 6.10 Å². The molecule has 1 aliphatic carbocycles. The molecule has 13 heavy (non-hydrogen) atoms. The van der Waals surface area contributed by atoms with Crippen LogP contribution < -0.4 is 11.1 Å². The average Bonchev–Trinajstić information content (AvgIpc) is 2.31. The minimum Gasteiger partial charge on any atom is -0.393 e. The highest BCUT2D eigenvalue weighted by molar-refractivity contribution is 5.85. The van der Waals surface area contributed by atoms with Gasteiger partial charge < -0.3 is 16.2 Å². The first-order valence-electron chi connectivity index (χ1n) is 4.72. The molecule has 0 saturated heterocycles. The Bertz CT molecular complexity index is 206. The van der Waals surface area contributed by atoms with Crippen LogP contribution >= 0.6 is 0 Å². The number of aliphatic hydroxyl groups excluding tert-OH is 1. The molecular weight excluding hydrogens is 168 g/mol. The second-order valence-corrected chi connectivity index (χ2v) is 4.14. The summed E-state index contributed by atoms with van der Waals surface area (Å²) in [5.41, 5.74) is 4.66. The van der Waals surface area contributed by atoms with E-state index in [2.05, 4.69) is 5.32 Å². The van der Waals surface area contributed by atoms with Gasteiger partial charge in [-0.25, -0.2) is 0 Å². The van der Waals surface area contributed by atoms with Crippen LogP contribution in [0.4, 0.5) is 0 Å². The van der Waals surface area contributed by atoms with E-state index in [1.165, 1.54) is 0 Å². The number of nitrogens with one attached hydrogen (secondary N) is 1. The van der Waals surface area contributed by atoms with Crippen molar-refractivity contribution in [3.63, 3.8) is 0 Å².